The van der Waals surface area contributed by atoms with Gasteiger partial charge in [-0.3, -0.25) is 10.1 Å². The first kappa shape index (κ1) is 12.0. The number of nitro benzene ring substituents is 1. The Labute approximate surface area is 107 Å². The topological polar surface area (TPSA) is 56.0 Å². The van der Waals surface area contributed by atoms with Crippen molar-refractivity contribution < 1.29 is 4.92 Å². The van der Waals surface area contributed by atoms with Crippen LogP contribution in [0.1, 0.15) is 16.3 Å². The highest BCUT2D eigenvalue weighted by Gasteiger charge is 2.06. The van der Waals surface area contributed by atoms with Gasteiger partial charge in [-0.05, 0) is 5.56 Å². The Balaban J connectivity index is 2.10. The first-order valence-corrected chi connectivity index (χ1v) is 6.33. The molecule has 0 N–H and O–H groups in total. The molecule has 0 bridgehead atoms. The van der Waals surface area contributed by atoms with Crippen molar-refractivity contribution in [3.8, 4) is 0 Å². The zero-order valence-electron chi connectivity index (χ0n) is 8.80. The highest BCUT2D eigenvalue weighted by molar-refractivity contribution is 7.09. The minimum absolute atomic E-state index is 0.106. The summed E-state index contributed by atoms with van der Waals surface area (Å²) < 4.78 is 0. The van der Waals surface area contributed by atoms with Crippen molar-refractivity contribution in [3.05, 3.63) is 56.0 Å². The second-order valence-electron chi connectivity index (χ2n) is 3.47. The van der Waals surface area contributed by atoms with Crippen LogP contribution in [0.2, 0.25) is 0 Å². The van der Waals surface area contributed by atoms with Crippen LogP contribution in [0, 0.1) is 10.1 Å². The molecule has 0 spiro atoms. The smallest absolute Gasteiger partial charge is 0.258 e. The number of non-ortho nitro benzene ring substituents is 1. The molecule has 0 saturated heterocycles. The standard InChI is InChI=1S/C11H9ClN2O2S/c12-6-9-7-17-11(13-9)5-8-1-3-10(4-2-8)14(15)16/h1-4,7H,5-6H2. The lowest BCUT2D eigenvalue weighted by Crippen LogP contribution is -1.90. The number of nitro groups is 1. The molecule has 0 aliphatic carbocycles. The molecule has 1 heterocycles. The molecule has 0 radical (unpaired) electrons. The molecular weight excluding hydrogens is 260 g/mol. The van der Waals surface area contributed by atoms with Gasteiger partial charge in [0, 0.05) is 23.9 Å². The second-order valence-corrected chi connectivity index (χ2v) is 4.68. The molecule has 88 valence electrons. The van der Waals surface area contributed by atoms with Crippen LogP contribution in [-0.2, 0) is 12.3 Å². The van der Waals surface area contributed by atoms with E-state index in [9.17, 15) is 10.1 Å². The van der Waals surface area contributed by atoms with Gasteiger partial charge in [0.1, 0.15) is 0 Å². The van der Waals surface area contributed by atoms with Crippen molar-refractivity contribution in [2.24, 2.45) is 0 Å². The molecule has 0 amide bonds. The Hall–Kier alpha value is -1.46. The van der Waals surface area contributed by atoms with Crippen molar-refractivity contribution >= 4 is 28.6 Å². The minimum atomic E-state index is -0.404. The van der Waals surface area contributed by atoms with Gasteiger partial charge in [-0.1, -0.05) is 12.1 Å². The Morgan fingerprint density at radius 1 is 1.35 bits per heavy atom. The molecule has 1 aromatic heterocycles. The number of benzene rings is 1. The van der Waals surface area contributed by atoms with Gasteiger partial charge < -0.3 is 0 Å². The van der Waals surface area contributed by atoms with Gasteiger partial charge >= 0.3 is 0 Å². The summed E-state index contributed by atoms with van der Waals surface area (Å²) in [6.45, 7) is 0. The average Bonchev–Trinajstić information content (AvgIpc) is 2.77. The lowest BCUT2D eigenvalue weighted by molar-refractivity contribution is -0.384. The quantitative estimate of drug-likeness (QED) is 0.485. The number of aromatic nitrogens is 1. The van der Waals surface area contributed by atoms with E-state index in [2.05, 4.69) is 4.98 Å². The average molecular weight is 269 g/mol. The van der Waals surface area contributed by atoms with Crippen molar-refractivity contribution in [2.75, 3.05) is 0 Å². The summed E-state index contributed by atoms with van der Waals surface area (Å²) >= 11 is 7.22. The molecule has 1 aromatic carbocycles. The van der Waals surface area contributed by atoms with Crippen LogP contribution in [0.25, 0.3) is 0 Å². The van der Waals surface area contributed by atoms with Gasteiger partial charge in [-0.2, -0.15) is 0 Å². The molecule has 4 nitrogen and oxygen atoms in total. The first-order valence-electron chi connectivity index (χ1n) is 4.91. The summed E-state index contributed by atoms with van der Waals surface area (Å²) in [5, 5.41) is 13.4. The van der Waals surface area contributed by atoms with E-state index in [4.69, 9.17) is 11.6 Å². The second kappa shape index (κ2) is 5.25. The Kier molecular flexibility index (Phi) is 3.71. The Bertz CT molecular complexity index is 525. The van der Waals surface area contributed by atoms with E-state index in [-0.39, 0.29) is 5.69 Å². The maximum Gasteiger partial charge on any atom is 0.269 e. The number of alkyl halides is 1. The molecule has 2 aromatic rings. The molecule has 0 fully saturated rings. The third-order valence-corrected chi connectivity index (χ3v) is 3.41. The van der Waals surface area contributed by atoms with Crippen LogP contribution in [0.3, 0.4) is 0 Å². The molecular formula is C11H9ClN2O2S. The van der Waals surface area contributed by atoms with Crippen molar-refractivity contribution in [1.29, 1.82) is 0 Å². The molecule has 0 saturated carbocycles. The summed E-state index contributed by atoms with van der Waals surface area (Å²) in [7, 11) is 0. The van der Waals surface area contributed by atoms with Crippen LogP contribution >= 0.6 is 22.9 Å². The minimum Gasteiger partial charge on any atom is -0.258 e. The maximum absolute atomic E-state index is 10.5. The van der Waals surface area contributed by atoms with E-state index in [0.717, 1.165) is 16.3 Å². The third-order valence-electron chi connectivity index (χ3n) is 2.24. The number of halogens is 1. The van der Waals surface area contributed by atoms with Crippen LogP contribution < -0.4 is 0 Å². The fourth-order valence-electron chi connectivity index (χ4n) is 1.40. The largest absolute Gasteiger partial charge is 0.269 e. The maximum atomic E-state index is 10.5. The van der Waals surface area contributed by atoms with Crippen LogP contribution in [0.15, 0.2) is 29.6 Å². The van der Waals surface area contributed by atoms with E-state index in [0.29, 0.717) is 12.3 Å². The van der Waals surface area contributed by atoms with Gasteiger partial charge in [0.15, 0.2) is 0 Å². The predicted molar refractivity (Wildman–Crippen MR) is 67.6 cm³/mol. The van der Waals surface area contributed by atoms with E-state index < -0.39 is 4.92 Å². The molecule has 17 heavy (non-hydrogen) atoms. The SMILES string of the molecule is O=[N+]([O-])c1ccc(Cc2nc(CCl)cs2)cc1. The van der Waals surface area contributed by atoms with Gasteiger partial charge in [0.25, 0.3) is 5.69 Å². The zero-order chi connectivity index (χ0) is 12.3. The fourth-order valence-corrected chi connectivity index (χ4v) is 2.46. The van der Waals surface area contributed by atoms with E-state index in [1.165, 1.54) is 12.1 Å². The van der Waals surface area contributed by atoms with Crippen molar-refractivity contribution in [1.82, 2.24) is 4.98 Å². The summed E-state index contributed by atoms with van der Waals surface area (Å²) in [6.07, 6.45) is 0.680. The summed E-state index contributed by atoms with van der Waals surface area (Å²) in [4.78, 5) is 14.4. The van der Waals surface area contributed by atoms with E-state index in [1.54, 1.807) is 23.5 Å². The van der Waals surface area contributed by atoms with Crippen molar-refractivity contribution in [2.45, 2.75) is 12.3 Å². The van der Waals surface area contributed by atoms with Gasteiger partial charge in [0.2, 0.25) is 0 Å². The highest BCUT2D eigenvalue weighted by Crippen LogP contribution is 2.18. The third kappa shape index (κ3) is 3.01. The summed E-state index contributed by atoms with van der Waals surface area (Å²) in [5.41, 5.74) is 1.98. The lowest BCUT2D eigenvalue weighted by Gasteiger charge is -1.97. The monoisotopic (exact) mass is 268 g/mol. The normalized spacial score (nSPS) is 10.4. The zero-order valence-corrected chi connectivity index (χ0v) is 10.4. The van der Waals surface area contributed by atoms with Crippen LogP contribution in [0.5, 0.6) is 0 Å². The predicted octanol–water partition coefficient (Wildman–Crippen LogP) is 3.38. The molecule has 0 unspecified atom stereocenters. The molecule has 0 atom stereocenters. The molecule has 0 aliphatic rings. The van der Waals surface area contributed by atoms with Crippen LogP contribution in [-0.4, -0.2) is 9.91 Å². The van der Waals surface area contributed by atoms with Crippen LogP contribution in [0.4, 0.5) is 5.69 Å². The number of rotatable bonds is 4. The van der Waals surface area contributed by atoms with E-state index >= 15 is 0 Å². The number of nitrogens with zero attached hydrogens (tertiary/aromatic N) is 2. The fraction of sp³-hybridized carbons (Fsp3) is 0.182. The summed E-state index contributed by atoms with van der Waals surface area (Å²) in [6, 6.07) is 6.51. The number of hydrogen-bond donors (Lipinski definition) is 0. The highest BCUT2D eigenvalue weighted by atomic mass is 35.5. The first-order chi connectivity index (χ1) is 8.19. The summed E-state index contributed by atoms with van der Waals surface area (Å²) in [5.74, 6) is 0.413. The van der Waals surface area contributed by atoms with Crippen molar-refractivity contribution in [3.63, 3.8) is 0 Å². The van der Waals surface area contributed by atoms with E-state index in [1.807, 2.05) is 5.38 Å². The Morgan fingerprint density at radius 2 is 2.06 bits per heavy atom. The number of thiazole rings is 1. The van der Waals surface area contributed by atoms with Gasteiger partial charge in [0.05, 0.1) is 21.5 Å². The lowest BCUT2D eigenvalue weighted by atomic mass is 10.1. The van der Waals surface area contributed by atoms with Gasteiger partial charge in [-0.15, -0.1) is 22.9 Å². The van der Waals surface area contributed by atoms with Gasteiger partial charge in [-0.25, -0.2) is 4.98 Å². The number of hydrogen-bond acceptors (Lipinski definition) is 4. The molecule has 2 rings (SSSR count). The molecule has 0 aliphatic heterocycles. The molecule has 6 heteroatoms. The Morgan fingerprint density at radius 3 is 2.59 bits per heavy atom.